The number of benzene rings is 6. The summed E-state index contributed by atoms with van der Waals surface area (Å²) < 4.78 is 120. The molecular formula is C38H22AuClF10P2-2. The Hall–Kier alpha value is -3.75. The summed E-state index contributed by atoms with van der Waals surface area (Å²) in [6.07, 6.45) is 0. The maximum absolute atomic E-state index is 12.0. The molecule has 0 saturated carbocycles. The summed E-state index contributed by atoms with van der Waals surface area (Å²) in [5.41, 5.74) is 0. The molecule has 0 bridgehead atoms. The number of rotatable bonds is 6. The Bertz CT molecular complexity index is 1770. The average molecular weight is 963 g/mol. The third-order valence-electron chi connectivity index (χ3n) is 6.55. The van der Waals surface area contributed by atoms with E-state index in [0.717, 1.165) is 12.1 Å². The van der Waals surface area contributed by atoms with Crippen molar-refractivity contribution in [2.75, 3.05) is 0 Å². The van der Waals surface area contributed by atoms with Gasteiger partial charge in [-0.1, -0.05) is 128 Å². The standard InChI is InChI=1S/C26H22P2.2C6F5.Au.ClH/c1-22(27(23-14-6-2-7-15-23)24-16-8-3-9-17-24)28(25-18-10-4-11-19-25)26-20-12-5-13-21-26;2*7-2-1-3(8)5(10)6(11)4(2)9;;/h2-21H,1H2;;;;1H/q;2*-1;+1;/p-1. The van der Waals surface area contributed by atoms with E-state index in [1.807, 2.05) is 0 Å². The molecule has 0 aliphatic rings. The third-order valence-corrected chi connectivity index (χ3v) is 12.0. The van der Waals surface area contributed by atoms with Crippen molar-refractivity contribution in [3.05, 3.63) is 203 Å². The van der Waals surface area contributed by atoms with Crippen LogP contribution in [0.5, 0.6) is 0 Å². The number of hydrogen-bond donors (Lipinski definition) is 0. The van der Waals surface area contributed by atoms with Gasteiger partial charge in [-0.15, -0.1) is 12.1 Å². The Labute approximate surface area is 312 Å². The molecule has 0 spiro atoms. The molecule has 0 saturated heterocycles. The van der Waals surface area contributed by atoms with E-state index in [-0.39, 0.29) is 0 Å². The molecule has 0 heterocycles. The normalized spacial score (nSPS) is 10.4. The fraction of sp³-hybridized carbons (Fsp3) is 0. The molecule has 6 aromatic rings. The summed E-state index contributed by atoms with van der Waals surface area (Å²) in [6, 6.07) is 45.4. The van der Waals surface area contributed by atoms with Crippen molar-refractivity contribution in [3.63, 3.8) is 0 Å². The Morgan fingerprint density at radius 1 is 0.385 bits per heavy atom. The van der Waals surface area contributed by atoms with Gasteiger partial charge in [0.05, 0.1) is 58.2 Å². The van der Waals surface area contributed by atoms with Gasteiger partial charge in [0.2, 0.25) is 0 Å². The number of hydrogen-bond acceptors (Lipinski definition) is 0. The van der Waals surface area contributed by atoms with E-state index < -0.39 is 74.0 Å². The SMILES string of the molecule is C=C(P(c1ccccc1)c1ccccc1)P(c1ccccc1)c1ccccc1.Fc1[c-]c(F)c(F)c(F)c1F.Fc1[c-]c(F)c(F)c(F)c1F.[Cl][Au]. The summed E-state index contributed by atoms with van der Waals surface area (Å²) in [5, 5.41) is 6.74. The molecule has 14 heteroatoms. The van der Waals surface area contributed by atoms with E-state index in [4.69, 9.17) is 6.58 Å². The number of halogens is 11. The molecule has 0 radical (unpaired) electrons. The minimum atomic E-state index is -2.17. The molecule has 0 aliphatic heterocycles. The van der Waals surface area contributed by atoms with Gasteiger partial charge in [0.1, 0.15) is 0 Å². The van der Waals surface area contributed by atoms with Gasteiger partial charge in [-0.2, -0.15) is 0 Å². The van der Waals surface area contributed by atoms with Crippen molar-refractivity contribution in [2.24, 2.45) is 0 Å². The average Bonchev–Trinajstić information content (AvgIpc) is 3.18. The van der Waals surface area contributed by atoms with Crippen molar-refractivity contribution >= 4 is 46.3 Å². The second kappa shape index (κ2) is 21.1. The van der Waals surface area contributed by atoms with Crippen LogP contribution in [-0.4, -0.2) is 0 Å². The first kappa shape index (κ1) is 42.7. The molecule has 0 atom stereocenters. The van der Waals surface area contributed by atoms with Gasteiger partial charge < -0.3 is 0 Å². The zero-order valence-electron chi connectivity index (χ0n) is 26.1. The first-order chi connectivity index (χ1) is 24.9. The van der Waals surface area contributed by atoms with Gasteiger partial charge in [-0.05, 0) is 42.1 Å². The Morgan fingerprint density at radius 3 is 0.769 bits per heavy atom. The van der Waals surface area contributed by atoms with Crippen molar-refractivity contribution < 1.29 is 63.9 Å². The topological polar surface area (TPSA) is 0 Å². The van der Waals surface area contributed by atoms with Crippen LogP contribution in [0.3, 0.4) is 0 Å². The van der Waals surface area contributed by atoms with Gasteiger partial charge in [0.25, 0.3) is 0 Å². The fourth-order valence-corrected chi connectivity index (χ4v) is 10.1. The van der Waals surface area contributed by atoms with E-state index in [9.17, 15) is 43.9 Å². The van der Waals surface area contributed by atoms with Crippen LogP contribution in [0.4, 0.5) is 43.9 Å². The van der Waals surface area contributed by atoms with Crippen LogP contribution in [0.2, 0.25) is 0 Å². The van der Waals surface area contributed by atoms with Crippen LogP contribution in [-0.2, 0) is 20.0 Å². The van der Waals surface area contributed by atoms with E-state index in [1.165, 1.54) is 26.3 Å². The molecule has 0 N–H and O–H groups in total. The van der Waals surface area contributed by atoms with Crippen LogP contribution in [0.1, 0.15) is 0 Å². The van der Waals surface area contributed by atoms with E-state index in [2.05, 4.69) is 131 Å². The van der Waals surface area contributed by atoms with Crippen LogP contribution >= 0.6 is 25.0 Å². The molecule has 274 valence electrons. The monoisotopic (exact) mass is 962 g/mol. The molecule has 6 rings (SSSR count). The first-order valence-corrected chi connectivity index (χ1v) is 19.7. The fourth-order valence-electron chi connectivity index (χ4n) is 4.29. The van der Waals surface area contributed by atoms with E-state index in [0.29, 0.717) is 0 Å². The van der Waals surface area contributed by atoms with Crippen LogP contribution in [0.25, 0.3) is 0 Å². The second-order valence-corrected chi connectivity index (χ2v) is 14.7. The van der Waals surface area contributed by atoms with Crippen molar-refractivity contribution in [2.45, 2.75) is 0 Å². The predicted octanol–water partition coefficient (Wildman–Crippen LogP) is 10.8. The molecule has 0 fully saturated rings. The summed E-state index contributed by atoms with van der Waals surface area (Å²) in [6.45, 7) is 4.72. The zero-order valence-corrected chi connectivity index (χ0v) is 30.8. The molecule has 52 heavy (non-hydrogen) atoms. The summed E-state index contributed by atoms with van der Waals surface area (Å²) >= 11 is 1.75. The summed E-state index contributed by atoms with van der Waals surface area (Å²) in [7, 11) is 3.25. The maximum atomic E-state index is 12.0. The molecular weight excluding hydrogens is 941 g/mol. The van der Waals surface area contributed by atoms with E-state index >= 15 is 0 Å². The quantitative estimate of drug-likeness (QED) is 0.0390. The molecule has 0 unspecified atom stereocenters. The Kier molecular flexibility index (Phi) is 17.3. The minimum absolute atomic E-state index is 0.664. The van der Waals surface area contributed by atoms with Crippen molar-refractivity contribution in [1.29, 1.82) is 0 Å². The second-order valence-electron chi connectivity index (χ2n) is 9.82. The van der Waals surface area contributed by atoms with Gasteiger partial charge >= 0.3 is 29.2 Å². The summed E-state index contributed by atoms with van der Waals surface area (Å²) in [4.78, 5) is 0. The van der Waals surface area contributed by atoms with Gasteiger partial charge in [-0.25, -0.2) is 26.3 Å². The van der Waals surface area contributed by atoms with E-state index in [1.54, 1.807) is 20.0 Å². The summed E-state index contributed by atoms with van der Waals surface area (Å²) in [5.74, 6) is -20.1. The Balaban J connectivity index is 0.000000250. The van der Waals surface area contributed by atoms with Crippen molar-refractivity contribution in [3.8, 4) is 0 Å². The zero-order chi connectivity index (χ0) is 38.4. The van der Waals surface area contributed by atoms with Gasteiger partial charge in [0, 0.05) is 0 Å². The Morgan fingerprint density at radius 2 is 0.577 bits per heavy atom. The molecule has 0 nitrogen and oxygen atoms in total. The van der Waals surface area contributed by atoms with Gasteiger partial charge in [0.15, 0.2) is 0 Å². The van der Waals surface area contributed by atoms with Gasteiger partial charge in [-0.3, -0.25) is 17.6 Å². The molecule has 6 aromatic carbocycles. The molecule has 0 aliphatic carbocycles. The van der Waals surface area contributed by atoms with Crippen molar-refractivity contribution in [1.82, 2.24) is 0 Å². The predicted molar refractivity (Wildman–Crippen MR) is 183 cm³/mol. The van der Waals surface area contributed by atoms with Crippen LogP contribution in [0, 0.1) is 70.3 Å². The first-order valence-electron chi connectivity index (χ1n) is 14.3. The molecule has 0 amide bonds. The third kappa shape index (κ3) is 11.1. The van der Waals surface area contributed by atoms with Crippen LogP contribution < -0.4 is 21.2 Å². The van der Waals surface area contributed by atoms with Crippen LogP contribution in [0.15, 0.2) is 133 Å². The molecule has 0 aromatic heterocycles.